The Morgan fingerprint density at radius 2 is 2.10 bits per heavy atom. The lowest BCUT2D eigenvalue weighted by molar-refractivity contribution is 0.216. The molecule has 1 aromatic rings. The molecule has 7 heteroatoms. The van der Waals surface area contributed by atoms with Crippen LogP contribution in [-0.2, 0) is 0 Å². The van der Waals surface area contributed by atoms with Crippen LogP contribution in [0.1, 0.15) is 0 Å². The summed E-state index contributed by atoms with van der Waals surface area (Å²) < 4.78 is 0. The maximum Gasteiger partial charge on any atom is 0.321 e. The lowest BCUT2D eigenvalue weighted by Crippen LogP contribution is -2.38. The molecule has 116 valence electrons. The Labute approximate surface area is 139 Å². The lowest BCUT2D eigenvalue weighted by Gasteiger charge is -2.23. The summed E-state index contributed by atoms with van der Waals surface area (Å²) >= 11 is 13.8. The number of likely N-dealkylation sites (tertiary alicyclic amines) is 1. The quantitative estimate of drug-likeness (QED) is 0.908. The number of thioether (sulfide) groups is 1. The van der Waals surface area contributed by atoms with Gasteiger partial charge in [0.05, 0.1) is 10.7 Å². The van der Waals surface area contributed by atoms with Crippen LogP contribution in [0.5, 0.6) is 0 Å². The van der Waals surface area contributed by atoms with Crippen molar-refractivity contribution in [2.45, 2.75) is 11.3 Å². The van der Waals surface area contributed by atoms with Crippen LogP contribution in [0.3, 0.4) is 0 Å². The fraction of sp³-hybridized carbons (Fsp3) is 0.500. The van der Waals surface area contributed by atoms with E-state index >= 15 is 0 Å². The fourth-order valence-electron chi connectivity index (χ4n) is 2.44. The second-order valence-electron chi connectivity index (χ2n) is 5.26. The highest BCUT2D eigenvalue weighted by molar-refractivity contribution is 7.99. The van der Waals surface area contributed by atoms with Crippen LogP contribution in [0.15, 0.2) is 18.2 Å². The topological polar surface area (TPSA) is 35.6 Å². The van der Waals surface area contributed by atoms with Crippen molar-refractivity contribution in [2.75, 3.05) is 38.8 Å². The molecule has 1 aliphatic heterocycles. The van der Waals surface area contributed by atoms with Crippen molar-refractivity contribution in [3.8, 4) is 0 Å². The van der Waals surface area contributed by atoms with Crippen LogP contribution >= 0.6 is 35.0 Å². The van der Waals surface area contributed by atoms with Crippen molar-refractivity contribution < 1.29 is 4.79 Å². The summed E-state index contributed by atoms with van der Waals surface area (Å²) in [6.45, 7) is 1.44. The van der Waals surface area contributed by atoms with Crippen LogP contribution in [0.4, 0.5) is 10.5 Å². The Kier molecular flexibility index (Phi) is 5.66. The summed E-state index contributed by atoms with van der Waals surface area (Å²) in [5.74, 6) is 0. The van der Waals surface area contributed by atoms with E-state index < -0.39 is 0 Å². The number of hydrogen-bond acceptors (Lipinski definition) is 3. The van der Waals surface area contributed by atoms with Crippen molar-refractivity contribution in [2.24, 2.45) is 0 Å². The van der Waals surface area contributed by atoms with Gasteiger partial charge >= 0.3 is 6.03 Å². The van der Waals surface area contributed by atoms with E-state index in [1.54, 1.807) is 30.0 Å². The summed E-state index contributed by atoms with van der Waals surface area (Å²) in [5.41, 5.74) is 0.545. The number of carbonyl (C=O) groups excluding carboxylic acids is 1. The van der Waals surface area contributed by atoms with Crippen molar-refractivity contribution in [3.05, 3.63) is 28.2 Å². The Morgan fingerprint density at radius 1 is 1.38 bits per heavy atom. The molecule has 0 unspecified atom stereocenters. The normalized spacial score (nSPS) is 21.9. The first-order valence-corrected chi connectivity index (χ1v) is 8.67. The molecule has 1 N–H and O–H groups in total. The van der Waals surface area contributed by atoms with Gasteiger partial charge in [-0.05, 0) is 38.6 Å². The van der Waals surface area contributed by atoms with Gasteiger partial charge < -0.3 is 15.1 Å². The van der Waals surface area contributed by atoms with Crippen molar-refractivity contribution in [1.82, 2.24) is 9.80 Å². The Bertz CT molecular complexity index is 527. The van der Waals surface area contributed by atoms with E-state index in [0.717, 1.165) is 6.54 Å². The van der Waals surface area contributed by atoms with Crippen LogP contribution in [0.2, 0.25) is 10.0 Å². The monoisotopic (exact) mass is 347 g/mol. The minimum Gasteiger partial charge on any atom is -0.322 e. The molecular formula is C14H19Cl2N3OS. The molecule has 0 aliphatic carbocycles. The van der Waals surface area contributed by atoms with Gasteiger partial charge in [0, 0.05) is 29.4 Å². The molecule has 2 amide bonds. The average molecular weight is 348 g/mol. The molecule has 4 nitrogen and oxygen atoms in total. The zero-order valence-corrected chi connectivity index (χ0v) is 14.6. The number of nitrogens with one attached hydrogen (secondary N) is 1. The standard InChI is InChI=1S/C14H19Cl2N3OS/c1-18(2)12-7-19(8-13(12)21-3)14(20)17-11-6-9(15)4-5-10(11)16/h4-6,12-13H,7-8H2,1-3H3,(H,17,20)/t12-,13-/m0/s1. The maximum absolute atomic E-state index is 12.4. The third-order valence-corrected chi connectivity index (χ3v) is 5.29. The summed E-state index contributed by atoms with van der Waals surface area (Å²) in [7, 11) is 4.09. The summed E-state index contributed by atoms with van der Waals surface area (Å²) in [5, 5.41) is 4.29. The molecule has 0 aromatic heterocycles. The number of hydrogen-bond donors (Lipinski definition) is 1. The zero-order valence-electron chi connectivity index (χ0n) is 12.3. The molecule has 1 heterocycles. The first-order chi connectivity index (χ1) is 9.92. The molecule has 2 rings (SSSR count). The zero-order chi connectivity index (χ0) is 15.6. The first kappa shape index (κ1) is 16.7. The lowest BCUT2D eigenvalue weighted by atomic mass is 10.2. The number of anilines is 1. The minimum absolute atomic E-state index is 0.137. The molecule has 0 bridgehead atoms. The molecule has 1 aliphatic rings. The molecular weight excluding hydrogens is 329 g/mol. The van der Waals surface area contributed by atoms with Gasteiger partial charge in [-0.2, -0.15) is 11.8 Å². The van der Waals surface area contributed by atoms with E-state index in [2.05, 4.69) is 16.5 Å². The number of carbonyl (C=O) groups is 1. The Hall–Kier alpha value is -0.620. The van der Waals surface area contributed by atoms with E-state index in [1.807, 2.05) is 19.0 Å². The van der Waals surface area contributed by atoms with Gasteiger partial charge in [0.15, 0.2) is 0 Å². The molecule has 0 saturated carbocycles. The third kappa shape index (κ3) is 3.97. The van der Waals surface area contributed by atoms with Gasteiger partial charge in [-0.1, -0.05) is 23.2 Å². The van der Waals surface area contributed by atoms with Crippen LogP contribution in [-0.4, -0.2) is 60.6 Å². The van der Waals surface area contributed by atoms with Gasteiger partial charge in [0.25, 0.3) is 0 Å². The average Bonchev–Trinajstić information content (AvgIpc) is 2.87. The predicted molar refractivity (Wildman–Crippen MR) is 91.8 cm³/mol. The van der Waals surface area contributed by atoms with E-state index in [0.29, 0.717) is 33.6 Å². The molecule has 1 aromatic carbocycles. The first-order valence-electron chi connectivity index (χ1n) is 6.62. The summed E-state index contributed by atoms with van der Waals surface area (Å²) in [6, 6.07) is 5.26. The van der Waals surface area contributed by atoms with E-state index in [9.17, 15) is 4.79 Å². The van der Waals surface area contributed by atoms with Crippen molar-refractivity contribution in [1.29, 1.82) is 0 Å². The highest BCUT2D eigenvalue weighted by Crippen LogP contribution is 2.28. The Balaban J connectivity index is 2.06. The van der Waals surface area contributed by atoms with Gasteiger partial charge in [0.2, 0.25) is 0 Å². The molecule has 2 atom stereocenters. The minimum atomic E-state index is -0.137. The van der Waals surface area contributed by atoms with Crippen LogP contribution in [0.25, 0.3) is 0 Å². The smallest absolute Gasteiger partial charge is 0.321 e. The Morgan fingerprint density at radius 3 is 2.67 bits per heavy atom. The second-order valence-corrected chi connectivity index (χ2v) is 7.18. The van der Waals surface area contributed by atoms with E-state index in [1.165, 1.54) is 0 Å². The molecule has 1 fully saturated rings. The van der Waals surface area contributed by atoms with Crippen molar-refractivity contribution in [3.63, 3.8) is 0 Å². The summed E-state index contributed by atoms with van der Waals surface area (Å²) in [6.07, 6.45) is 2.08. The fourth-order valence-corrected chi connectivity index (χ4v) is 3.75. The predicted octanol–water partition coefficient (Wildman–Crippen LogP) is 3.50. The number of likely N-dealkylation sites (N-methyl/N-ethyl adjacent to an activating group) is 1. The number of amides is 2. The van der Waals surface area contributed by atoms with Gasteiger partial charge in [-0.25, -0.2) is 4.79 Å². The SMILES string of the molecule is CS[C@H]1CN(C(=O)Nc2cc(Cl)ccc2Cl)C[C@@H]1N(C)C. The van der Waals surface area contributed by atoms with Gasteiger partial charge in [-0.3, -0.25) is 0 Å². The second kappa shape index (κ2) is 7.09. The highest BCUT2D eigenvalue weighted by Gasteiger charge is 2.36. The number of nitrogens with zero attached hydrogens (tertiary/aromatic N) is 2. The summed E-state index contributed by atoms with van der Waals surface area (Å²) in [4.78, 5) is 16.4. The van der Waals surface area contributed by atoms with Gasteiger partial charge in [-0.15, -0.1) is 0 Å². The molecule has 21 heavy (non-hydrogen) atoms. The van der Waals surface area contributed by atoms with E-state index in [-0.39, 0.29) is 6.03 Å². The number of halogens is 2. The van der Waals surface area contributed by atoms with Crippen LogP contribution < -0.4 is 5.32 Å². The molecule has 1 saturated heterocycles. The largest absolute Gasteiger partial charge is 0.322 e. The van der Waals surface area contributed by atoms with E-state index in [4.69, 9.17) is 23.2 Å². The number of rotatable bonds is 3. The number of urea groups is 1. The molecule has 0 radical (unpaired) electrons. The van der Waals surface area contributed by atoms with Crippen molar-refractivity contribution >= 4 is 46.7 Å². The highest BCUT2D eigenvalue weighted by atomic mass is 35.5. The molecule has 0 spiro atoms. The van der Waals surface area contributed by atoms with Gasteiger partial charge in [0.1, 0.15) is 0 Å². The van der Waals surface area contributed by atoms with Crippen LogP contribution in [0, 0.1) is 0 Å². The number of benzene rings is 1. The third-order valence-electron chi connectivity index (χ3n) is 3.66. The maximum atomic E-state index is 12.4.